The van der Waals surface area contributed by atoms with Crippen molar-refractivity contribution in [3.63, 3.8) is 0 Å². The van der Waals surface area contributed by atoms with Crippen molar-refractivity contribution in [1.29, 1.82) is 0 Å². The van der Waals surface area contributed by atoms with Gasteiger partial charge in [-0.15, -0.1) is 11.3 Å². The van der Waals surface area contributed by atoms with Crippen molar-refractivity contribution < 1.29 is 9.59 Å². The van der Waals surface area contributed by atoms with Crippen LogP contribution in [0.2, 0.25) is 0 Å². The highest BCUT2D eigenvalue weighted by molar-refractivity contribution is 7.12. The summed E-state index contributed by atoms with van der Waals surface area (Å²) in [6.07, 6.45) is 1.48. The fraction of sp³-hybridized carbons (Fsp3) is 0.400. The molecule has 132 valence electrons. The molecule has 2 heterocycles. The van der Waals surface area contributed by atoms with Crippen LogP contribution in [-0.2, 0) is 4.79 Å². The second kappa shape index (κ2) is 8.30. The topological polar surface area (TPSA) is 49.4 Å². The second-order valence-electron chi connectivity index (χ2n) is 6.60. The summed E-state index contributed by atoms with van der Waals surface area (Å²) >= 11 is 1.47. The van der Waals surface area contributed by atoms with Crippen molar-refractivity contribution in [1.82, 2.24) is 10.2 Å². The molecule has 3 rings (SSSR count). The molecule has 2 aromatic rings. The Morgan fingerprint density at radius 2 is 1.88 bits per heavy atom. The molecule has 2 amide bonds. The zero-order chi connectivity index (χ0) is 17.6. The molecule has 1 aromatic heterocycles. The van der Waals surface area contributed by atoms with E-state index in [1.165, 1.54) is 16.9 Å². The van der Waals surface area contributed by atoms with Gasteiger partial charge in [0.05, 0.1) is 4.88 Å². The first-order chi connectivity index (χ1) is 12.1. The lowest BCUT2D eigenvalue weighted by Gasteiger charge is -2.31. The van der Waals surface area contributed by atoms with Crippen LogP contribution in [0, 0.1) is 5.92 Å². The average molecular weight is 356 g/mol. The van der Waals surface area contributed by atoms with Crippen LogP contribution in [0.25, 0.3) is 0 Å². The first-order valence-corrected chi connectivity index (χ1v) is 9.68. The highest BCUT2D eigenvalue weighted by Gasteiger charge is 2.28. The fourth-order valence-corrected chi connectivity index (χ4v) is 3.89. The monoisotopic (exact) mass is 356 g/mol. The standard InChI is InChI=1S/C20H24N2O2S/c1-15(16-6-3-2-4-7-16)14-21-19(23)17-9-11-22(12-10-17)20(24)18-8-5-13-25-18/h2-8,13,15,17H,9-12,14H2,1H3,(H,21,23)/t15-/m0/s1. The van der Waals surface area contributed by atoms with Gasteiger partial charge in [-0.2, -0.15) is 0 Å². The first kappa shape index (κ1) is 17.7. The Balaban J connectivity index is 1.45. The molecule has 1 aliphatic rings. The Hall–Kier alpha value is -2.14. The van der Waals surface area contributed by atoms with E-state index in [4.69, 9.17) is 0 Å². The zero-order valence-corrected chi connectivity index (χ0v) is 15.3. The molecule has 0 radical (unpaired) electrons. The van der Waals surface area contributed by atoms with E-state index >= 15 is 0 Å². The predicted molar refractivity (Wildman–Crippen MR) is 101 cm³/mol. The molecule has 0 unspecified atom stereocenters. The van der Waals surface area contributed by atoms with Crippen molar-refractivity contribution >= 4 is 23.2 Å². The van der Waals surface area contributed by atoms with Gasteiger partial charge in [0.25, 0.3) is 5.91 Å². The highest BCUT2D eigenvalue weighted by Crippen LogP contribution is 2.21. The average Bonchev–Trinajstić information content (AvgIpc) is 3.21. The van der Waals surface area contributed by atoms with Crippen LogP contribution in [0.5, 0.6) is 0 Å². The largest absolute Gasteiger partial charge is 0.355 e. The Morgan fingerprint density at radius 3 is 2.52 bits per heavy atom. The van der Waals surface area contributed by atoms with Gasteiger partial charge in [0.15, 0.2) is 0 Å². The van der Waals surface area contributed by atoms with E-state index in [0.717, 1.165) is 17.7 Å². The molecule has 1 atom stereocenters. The Kier molecular flexibility index (Phi) is 5.87. The smallest absolute Gasteiger partial charge is 0.263 e. The van der Waals surface area contributed by atoms with E-state index in [-0.39, 0.29) is 17.7 Å². The predicted octanol–water partition coefficient (Wildman–Crippen LogP) is 3.52. The number of hydrogen-bond donors (Lipinski definition) is 1. The van der Waals surface area contributed by atoms with Crippen molar-refractivity contribution in [2.75, 3.05) is 19.6 Å². The molecule has 25 heavy (non-hydrogen) atoms. The summed E-state index contributed by atoms with van der Waals surface area (Å²) in [6, 6.07) is 14.0. The Labute approximate surface area is 152 Å². The van der Waals surface area contributed by atoms with Crippen molar-refractivity contribution in [2.45, 2.75) is 25.7 Å². The van der Waals surface area contributed by atoms with E-state index in [0.29, 0.717) is 25.6 Å². The van der Waals surface area contributed by atoms with Crippen molar-refractivity contribution in [2.24, 2.45) is 5.92 Å². The molecule has 1 saturated heterocycles. The number of amides is 2. The maximum Gasteiger partial charge on any atom is 0.263 e. The summed E-state index contributed by atoms with van der Waals surface area (Å²) in [5, 5.41) is 5.00. The number of thiophene rings is 1. The molecule has 5 heteroatoms. The maximum atomic E-state index is 12.4. The number of benzene rings is 1. The van der Waals surface area contributed by atoms with Crippen LogP contribution in [0.4, 0.5) is 0 Å². The van der Waals surface area contributed by atoms with Crippen molar-refractivity contribution in [3.05, 3.63) is 58.3 Å². The lowest BCUT2D eigenvalue weighted by atomic mass is 9.95. The van der Waals surface area contributed by atoms with Crippen LogP contribution >= 0.6 is 11.3 Å². The number of carbonyl (C=O) groups is 2. The third-order valence-corrected chi connectivity index (χ3v) is 5.69. The van der Waals surface area contributed by atoms with Crippen molar-refractivity contribution in [3.8, 4) is 0 Å². The van der Waals surface area contributed by atoms with Crippen LogP contribution in [0.3, 0.4) is 0 Å². The third kappa shape index (κ3) is 4.48. The summed E-state index contributed by atoms with van der Waals surface area (Å²) < 4.78 is 0. The van der Waals surface area contributed by atoms with Gasteiger partial charge in [-0.3, -0.25) is 9.59 Å². The van der Waals surface area contributed by atoms with Gasteiger partial charge in [-0.25, -0.2) is 0 Å². The SMILES string of the molecule is C[C@@H](CNC(=O)C1CCN(C(=O)c2cccs2)CC1)c1ccccc1. The van der Waals surface area contributed by atoms with E-state index < -0.39 is 0 Å². The number of likely N-dealkylation sites (tertiary alicyclic amines) is 1. The summed E-state index contributed by atoms with van der Waals surface area (Å²) in [5.41, 5.74) is 1.24. The number of nitrogens with zero attached hydrogens (tertiary/aromatic N) is 1. The van der Waals surface area contributed by atoms with Crippen LogP contribution in [0.1, 0.15) is 40.9 Å². The zero-order valence-electron chi connectivity index (χ0n) is 14.5. The molecule has 0 aliphatic carbocycles. The lowest BCUT2D eigenvalue weighted by molar-refractivity contribution is -0.126. The van der Waals surface area contributed by atoms with Crippen LogP contribution < -0.4 is 5.32 Å². The molecule has 1 N–H and O–H groups in total. The Bertz CT molecular complexity index is 692. The van der Waals surface area contributed by atoms with Crippen LogP contribution in [-0.4, -0.2) is 36.3 Å². The third-order valence-electron chi connectivity index (χ3n) is 4.84. The van der Waals surface area contributed by atoms with E-state index in [1.54, 1.807) is 0 Å². The quantitative estimate of drug-likeness (QED) is 0.891. The van der Waals surface area contributed by atoms with Gasteiger partial charge in [-0.1, -0.05) is 43.3 Å². The van der Waals surface area contributed by atoms with Gasteiger partial charge in [0.2, 0.25) is 5.91 Å². The number of piperidine rings is 1. The summed E-state index contributed by atoms with van der Waals surface area (Å²) in [5.74, 6) is 0.513. The maximum absolute atomic E-state index is 12.4. The summed E-state index contributed by atoms with van der Waals surface area (Å²) in [4.78, 5) is 27.4. The van der Waals surface area contributed by atoms with E-state index in [1.807, 2.05) is 40.6 Å². The molecule has 0 spiro atoms. The minimum Gasteiger partial charge on any atom is -0.355 e. The molecular weight excluding hydrogens is 332 g/mol. The normalized spacial score (nSPS) is 16.4. The minimum absolute atomic E-state index is 0.00959. The molecular formula is C20H24N2O2S. The summed E-state index contributed by atoms with van der Waals surface area (Å²) in [6.45, 7) is 4.08. The number of hydrogen-bond acceptors (Lipinski definition) is 3. The van der Waals surface area contributed by atoms with Crippen LogP contribution in [0.15, 0.2) is 47.8 Å². The minimum atomic E-state index is 0.00959. The van der Waals surface area contributed by atoms with Gasteiger partial charge in [0.1, 0.15) is 0 Å². The first-order valence-electron chi connectivity index (χ1n) is 8.80. The molecule has 4 nitrogen and oxygen atoms in total. The molecule has 0 bridgehead atoms. The number of rotatable bonds is 5. The van der Waals surface area contributed by atoms with E-state index in [9.17, 15) is 9.59 Å². The number of carbonyl (C=O) groups excluding carboxylic acids is 2. The fourth-order valence-electron chi connectivity index (χ4n) is 3.20. The lowest BCUT2D eigenvalue weighted by Crippen LogP contribution is -2.43. The molecule has 1 fully saturated rings. The summed E-state index contributed by atoms with van der Waals surface area (Å²) in [7, 11) is 0. The highest BCUT2D eigenvalue weighted by atomic mass is 32.1. The van der Waals surface area contributed by atoms with E-state index in [2.05, 4.69) is 24.4 Å². The molecule has 1 aromatic carbocycles. The van der Waals surface area contributed by atoms with Gasteiger partial charge >= 0.3 is 0 Å². The molecule has 1 aliphatic heterocycles. The van der Waals surface area contributed by atoms with Gasteiger partial charge in [0, 0.05) is 25.6 Å². The van der Waals surface area contributed by atoms with Gasteiger partial charge < -0.3 is 10.2 Å². The second-order valence-corrected chi connectivity index (χ2v) is 7.55. The molecule has 0 saturated carbocycles. The number of nitrogens with one attached hydrogen (secondary N) is 1. The van der Waals surface area contributed by atoms with Gasteiger partial charge in [-0.05, 0) is 35.8 Å². The Morgan fingerprint density at radius 1 is 1.16 bits per heavy atom.